The number of thiazole rings is 1. The van der Waals surface area contributed by atoms with E-state index in [9.17, 15) is 4.79 Å². The maximum Gasteiger partial charge on any atom is 0.275 e. The Kier molecular flexibility index (Phi) is 5.54. The van der Waals surface area contributed by atoms with Crippen LogP contribution in [0.25, 0.3) is 10.4 Å². The van der Waals surface area contributed by atoms with Crippen molar-refractivity contribution < 1.29 is 4.79 Å². The largest absolute Gasteiger partial charge is 0.321 e. The molecular formula is C23H18N4OS. The smallest absolute Gasteiger partial charge is 0.275 e. The van der Waals surface area contributed by atoms with Crippen LogP contribution in [-0.4, -0.2) is 10.9 Å². The summed E-state index contributed by atoms with van der Waals surface area (Å²) in [6.45, 7) is 1.90. The summed E-state index contributed by atoms with van der Waals surface area (Å²) < 4.78 is 0. The van der Waals surface area contributed by atoms with Gasteiger partial charge in [0.05, 0.1) is 21.3 Å². The van der Waals surface area contributed by atoms with Gasteiger partial charge < -0.3 is 5.32 Å². The van der Waals surface area contributed by atoms with Crippen LogP contribution in [0.4, 0.5) is 17.1 Å². The fourth-order valence-electron chi connectivity index (χ4n) is 2.78. The van der Waals surface area contributed by atoms with Crippen LogP contribution >= 0.6 is 11.3 Å². The van der Waals surface area contributed by atoms with Gasteiger partial charge in [0.15, 0.2) is 0 Å². The molecule has 0 aliphatic heterocycles. The van der Waals surface area contributed by atoms with Crippen LogP contribution < -0.4 is 5.32 Å². The molecule has 29 heavy (non-hydrogen) atoms. The Bertz CT molecular complexity index is 1140. The number of azo groups is 1. The van der Waals surface area contributed by atoms with Gasteiger partial charge in [-0.05, 0) is 48.9 Å². The van der Waals surface area contributed by atoms with Crippen LogP contribution in [0.5, 0.6) is 0 Å². The predicted molar refractivity (Wildman–Crippen MR) is 117 cm³/mol. The van der Waals surface area contributed by atoms with E-state index in [4.69, 9.17) is 0 Å². The molecule has 0 atom stereocenters. The number of aryl methyl sites for hydroxylation is 1. The quantitative estimate of drug-likeness (QED) is 0.376. The van der Waals surface area contributed by atoms with E-state index in [1.54, 1.807) is 12.1 Å². The number of hydrogen-bond acceptors (Lipinski definition) is 5. The van der Waals surface area contributed by atoms with Crippen LogP contribution in [0.2, 0.25) is 0 Å². The van der Waals surface area contributed by atoms with Gasteiger partial charge in [0.25, 0.3) is 5.91 Å². The van der Waals surface area contributed by atoms with Crippen LogP contribution in [-0.2, 0) is 0 Å². The second-order valence-electron chi connectivity index (χ2n) is 6.31. The van der Waals surface area contributed by atoms with Gasteiger partial charge in [-0.25, -0.2) is 4.98 Å². The summed E-state index contributed by atoms with van der Waals surface area (Å²) in [6.07, 6.45) is 0. The summed E-state index contributed by atoms with van der Waals surface area (Å²) >= 11 is 1.51. The zero-order valence-corrected chi connectivity index (χ0v) is 16.6. The first-order chi connectivity index (χ1) is 14.2. The van der Waals surface area contributed by atoms with Crippen molar-refractivity contribution in [3.8, 4) is 10.4 Å². The highest BCUT2D eigenvalue weighted by Crippen LogP contribution is 2.30. The highest BCUT2D eigenvalue weighted by atomic mass is 32.1. The molecule has 0 unspecified atom stereocenters. The molecule has 1 aromatic heterocycles. The molecule has 1 amide bonds. The summed E-state index contributed by atoms with van der Waals surface area (Å²) in [7, 11) is 0. The Morgan fingerprint density at radius 2 is 1.41 bits per heavy atom. The van der Waals surface area contributed by atoms with Crippen molar-refractivity contribution in [1.82, 2.24) is 4.98 Å². The van der Waals surface area contributed by atoms with Crippen molar-refractivity contribution in [1.29, 1.82) is 0 Å². The number of nitrogens with zero attached hydrogens (tertiary/aromatic N) is 3. The van der Waals surface area contributed by atoms with Crippen LogP contribution in [0.1, 0.15) is 15.5 Å². The van der Waals surface area contributed by atoms with E-state index < -0.39 is 0 Å². The molecule has 0 aliphatic carbocycles. The van der Waals surface area contributed by atoms with Gasteiger partial charge in [-0.15, -0.1) is 11.3 Å². The zero-order chi connectivity index (χ0) is 20.1. The minimum atomic E-state index is -0.230. The van der Waals surface area contributed by atoms with E-state index in [-0.39, 0.29) is 5.91 Å². The molecule has 0 saturated carbocycles. The second-order valence-corrected chi connectivity index (χ2v) is 7.52. The maximum absolute atomic E-state index is 12.8. The first-order valence-corrected chi connectivity index (χ1v) is 9.92. The Morgan fingerprint density at radius 3 is 2.07 bits per heavy atom. The first kappa shape index (κ1) is 18.7. The topological polar surface area (TPSA) is 66.7 Å². The maximum atomic E-state index is 12.8. The Hall–Kier alpha value is -3.64. The fourth-order valence-corrected chi connectivity index (χ4v) is 3.70. The molecular weight excluding hydrogens is 380 g/mol. The molecule has 142 valence electrons. The zero-order valence-electron chi connectivity index (χ0n) is 15.7. The van der Waals surface area contributed by atoms with Crippen LogP contribution in [0.15, 0.2) is 95.2 Å². The summed E-state index contributed by atoms with van der Waals surface area (Å²) in [4.78, 5) is 18.1. The van der Waals surface area contributed by atoms with Gasteiger partial charge in [0.1, 0.15) is 5.69 Å². The van der Waals surface area contributed by atoms with Gasteiger partial charge in [-0.1, -0.05) is 48.5 Å². The van der Waals surface area contributed by atoms with Crippen molar-refractivity contribution in [2.24, 2.45) is 10.2 Å². The molecule has 0 radical (unpaired) electrons. The number of rotatable bonds is 5. The third-order valence-electron chi connectivity index (χ3n) is 4.15. The van der Waals surface area contributed by atoms with Gasteiger partial charge in [0.2, 0.25) is 0 Å². The summed E-state index contributed by atoms with van der Waals surface area (Å²) in [6, 6.07) is 26.6. The average Bonchev–Trinajstić information content (AvgIpc) is 3.16. The Morgan fingerprint density at radius 1 is 0.828 bits per heavy atom. The molecule has 3 aromatic carbocycles. The lowest BCUT2D eigenvalue weighted by molar-refractivity contribution is 0.102. The molecule has 0 fully saturated rings. The van der Waals surface area contributed by atoms with E-state index >= 15 is 0 Å². The Balaban J connectivity index is 1.49. The van der Waals surface area contributed by atoms with Crippen LogP contribution in [0, 0.1) is 6.92 Å². The third-order valence-corrected chi connectivity index (χ3v) is 5.17. The number of aromatic nitrogens is 1. The van der Waals surface area contributed by atoms with Gasteiger partial charge in [-0.2, -0.15) is 10.2 Å². The first-order valence-electron chi connectivity index (χ1n) is 9.10. The van der Waals surface area contributed by atoms with Crippen molar-refractivity contribution in [2.45, 2.75) is 6.92 Å². The number of anilines is 1. The molecule has 6 heteroatoms. The van der Waals surface area contributed by atoms with Gasteiger partial charge >= 0.3 is 0 Å². The van der Waals surface area contributed by atoms with E-state index in [2.05, 4.69) is 20.5 Å². The van der Waals surface area contributed by atoms with Crippen molar-refractivity contribution in [3.05, 3.63) is 95.6 Å². The van der Waals surface area contributed by atoms with E-state index in [0.29, 0.717) is 17.1 Å². The minimum absolute atomic E-state index is 0.230. The minimum Gasteiger partial charge on any atom is -0.321 e. The fraction of sp³-hybridized carbons (Fsp3) is 0.0435. The second kappa shape index (κ2) is 8.58. The predicted octanol–water partition coefficient (Wildman–Crippen LogP) is 6.79. The van der Waals surface area contributed by atoms with Crippen molar-refractivity contribution in [3.63, 3.8) is 0 Å². The average molecular weight is 398 g/mol. The van der Waals surface area contributed by atoms with Gasteiger partial charge in [-0.3, -0.25) is 4.79 Å². The highest BCUT2D eigenvalue weighted by molar-refractivity contribution is 7.15. The SMILES string of the molecule is Cc1nc(C(=O)Nc2ccc(N=Nc3ccccc3)cc2)c(-c2ccccc2)s1. The lowest BCUT2D eigenvalue weighted by Gasteiger charge is -2.05. The lowest BCUT2D eigenvalue weighted by atomic mass is 10.1. The number of carbonyl (C=O) groups is 1. The molecule has 4 aromatic rings. The molecule has 4 rings (SSSR count). The molecule has 0 saturated heterocycles. The summed E-state index contributed by atoms with van der Waals surface area (Å²) in [5.41, 5.74) is 3.60. The molecule has 0 bridgehead atoms. The van der Waals surface area contributed by atoms with Crippen molar-refractivity contribution >= 4 is 34.3 Å². The number of hydrogen-bond donors (Lipinski definition) is 1. The molecule has 1 heterocycles. The highest BCUT2D eigenvalue weighted by Gasteiger charge is 2.18. The van der Waals surface area contributed by atoms with Crippen molar-refractivity contribution in [2.75, 3.05) is 5.32 Å². The number of benzene rings is 3. The number of nitrogens with one attached hydrogen (secondary N) is 1. The lowest BCUT2D eigenvalue weighted by Crippen LogP contribution is -2.13. The molecule has 0 spiro atoms. The van der Waals surface area contributed by atoms with Crippen LogP contribution in [0.3, 0.4) is 0 Å². The number of carbonyl (C=O) groups excluding carboxylic acids is 1. The molecule has 1 N–H and O–H groups in total. The summed E-state index contributed by atoms with van der Waals surface area (Å²) in [5.74, 6) is -0.230. The van der Waals surface area contributed by atoms with E-state index in [0.717, 1.165) is 21.1 Å². The van der Waals surface area contributed by atoms with E-state index in [1.165, 1.54) is 11.3 Å². The number of amides is 1. The standard InChI is InChI=1S/C23H18N4OS/c1-16-24-21(22(29-16)17-8-4-2-5-9-17)23(28)25-18-12-14-20(15-13-18)27-26-19-10-6-3-7-11-19/h2-15H,1H3,(H,25,28). The van der Waals surface area contributed by atoms with Gasteiger partial charge in [0, 0.05) is 5.69 Å². The molecule has 5 nitrogen and oxygen atoms in total. The monoisotopic (exact) mass is 398 g/mol. The third kappa shape index (κ3) is 4.62. The molecule has 0 aliphatic rings. The Labute approximate surface area is 172 Å². The summed E-state index contributed by atoms with van der Waals surface area (Å²) in [5, 5.41) is 12.2. The van der Waals surface area contributed by atoms with E-state index in [1.807, 2.05) is 79.7 Å². The normalized spacial score (nSPS) is 10.9.